The summed E-state index contributed by atoms with van der Waals surface area (Å²) in [5.41, 5.74) is 3.88. The summed E-state index contributed by atoms with van der Waals surface area (Å²) in [4.78, 5) is 13.7. The summed E-state index contributed by atoms with van der Waals surface area (Å²) < 4.78 is 0. The molecule has 0 aromatic carbocycles. The van der Waals surface area contributed by atoms with Crippen molar-refractivity contribution in [2.45, 2.75) is 13.3 Å². The van der Waals surface area contributed by atoms with Crippen LogP contribution in [0.3, 0.4) is 0 Å². The fourth-order valence-electron chi connectivity index (χ4n) is 1.64. The van der Waals surface area contributed by atoms with E-state index in [0.717, 1.165) is 24.0 Å². The topological polar surface area (TPSA) is 32.9 Å². The fraction of sp³-hybridized carbons (Fsp3) is 0.154. The van der Waals surface area contributed by atoms with Gasteiger partial charge in [-0.05, 0) is 31.6 Å². The second-order valence-corrected chi connectivity index (χ2v) is 3.64. The standard InChI is InChI=1S/C13H13NO/c1-10-5-3-2-4-6-13-11(7-10)8-12(9-15)14-13/h3-9,14H,2H2,1H3. The molecule has 1 N–H and O–H groups in total. The minimum Gasteiger partial charge on any atom is -0.352 e. The highest BCUT2D eigenvalue weighted by Gasteiger charge is 2.03. The number of H-pyrrole nitrogens is 1. The molecule has 0 fully saturated rings. The molecule has 0 aliphatic heterocycles. The van der Waals surface area contributed by atoms with Gasteiger partial charge in [-0.15, -0.1) is 0 Å². The SMILES string of the molecule is CC1=Cc2cc(C=O)[nH]c2C=CCC=C1. The maximum Gasteiger partial charge on any atom is 0.166 e. The number of allylic oxidation sites excluding steroid dienone is 4. The first-order valence-electron chi connectivity index (χ1n) is 4.99. The summed E-state index contributed by atoms with van der Waals surface area (Å²) in [5.74, 6) is 0. The lowest BCUT2D eigenvalue weighted by atomic mass is 10.1. The highest BCUT2D eigenvalue weighted by Crippen LogP contribution is 2.18. The minimum absolute atomic E-state index is 0.623. The van der Waals surface area contributed by atoms with Crippen molar-refractivity contribution in [3.8, 4) is 0 Å². The first-order chi connectivity index (χ1) is 7.29. The van der Waals surface area contributed by atoms with Crippen molar-refractivity contribution in [1.82, 2.24) is 4.98 Å². The summed E-state index contributed by atoms with van der Waals surface area (Å²) in [6, 6.07) is 1.87. The molecule has 76 valence electrons. The maximum absolute atomic E-state index is 10.7. The molecular weight excluding hydrogens is 186 g/mol. The van der Waals surface area contributed by atoms with E-state index in [2.05, 4.69) is 36.2 Å². The van der Waals surface area contributed by atoms with Crippen molar-refractivity contribution in [1.29, 1.82) is 0 Å². The first kappa shape index (κ1) is 9.71. The lowest BCUT2D eigenvalue weighted by molar-refractivity contribution is 0.111. The van der Waals surface area contributed by atoms with Gasteiger partial charge in [0.05, 0.1) is 5.69 Å². The third kappa shape index (κ3) is 2.15. The van der Waals surface area contributed by atoms with Crippen LogP contribution < -0.4 is 0 Å². The number of hydrogen-bond donors (Lipinski definition) is 1. The average Bonchev–Trinajstić information content (AvgIpc) is 2.61. The predicted molar refractivity (Wildman–Crippen MR) is 62.6 cm³/mol. The van der Waals surface area contributed by atoms with Gasteiger partial charge < -0.3 is 4.98 Å². The van der Waals surface area contributed by atoms with Gasteiger partial charge in [0, 0.05) is 11.3 Å². The van der Waals surface area contributed by atoms with Crippen molar-refractivity contribution in [3.05, 3.63) is 46.8 Å². The molecule has 1 aliphatic carbocycles. The van der Waals surface area contributed by atoms with Gasteiger partial charge in [0.15, 0.2) is 6.29 Å². The van der Waals surface area contributed by atoms with Crippen molar-refractivity contribution in [3.63, 3.8) is 0 Å². The predicted octanol–water partition coefficient (Wildman–Crippen LogP) is 3.20. The number of carbonyl (C=O) groups is 1. The summed E-state index contributed by atoms with van der Waals surface area (Å²) in [5, 5.41) is 0. The molecule has 0 saturated carbocycles. The molecule has 0 radical (unpaired) electrons. The largest absolute Gasteiger partial charge is 0.352 e. The Balaban J connectivity index is 2.52. The molecule has 1 aliphatic rings. The van der Waals surface area contributed by atoms with Gasteiger partial charge in [0.1, 0.15) is 0 Å². The lowest BCUT2D eigenvalue weighted by Crippen LogP contribution is -1.78. The van der Waals surface area contributed by atoms with Gasteiger partial charge >= 0.3 is 0 Å². The molecular formula is C13H13NO. The van der Waals surface area contributed by atoms with Crippen molar-refractivity contribution < 1.29 is 4.79 Å². The number of aromatic amines is 1. The quantitative estimate of drug-likeness (QED) is 0.692. The highest BCUT2D eigenvalue weighted by molar-refractivity contribution is 5.78. The van der Waals surface area contributed by atoms with Crippen LogP contribution in [0.2, 0.25) is 0 Å². The summed E-state index contributed by atoms with van der Waals surface area (Å²) >= 11 is 0. The van der Waals surface area contributed by atoms with E-state index >= 15 is 0 Å². The molecule has 0 spiro atoms. The zero-order valence-corrected chi connectivity index (χ0v) is 8.66. The van der Waals surface area contributed by atoms with E-state index in [1.54, 1.807) is 0 Å². The van der Waals surface area contributed by atoms with E-state index in [1.165, 1.54) is 5.57 Å². The second-order valence-electron chi connectivity index (χ2n) is 3.64. The van der Waals surface area contributed by atoms with Gasteiger partial charge in [-0.2, -0.15) is 0 Å². The minimum atomic E-state index is 0.623. The van der Waals surface area contributed by atoms with E-state index in [1.807, 2.05) is 12.1 Å². The molecule has 0 bridgehead atoms. The monoisotopic (exact) mass is 199 g/mol. The van der Waals surface area contributed by atoms with Gasteiger partial charge in [0.25, 0.3) is 0 Å². The molecule has 1 heterocycles. The smallest absolute Gasteiger partial charge is 0.166 e. The number of aromatic nitrogens is 1. The number of hydrogen-bond acceptors (Lipinski definition) is 1. The highest BCUT2D eigenvalue weighted by atomic mass is 16.1. The molecule has 0 unspecified atom stereocenters. The van der Waals surface area contributed by atoms with Crippen molar-refractivity contribution >= 4 is 18.4 Å². The Hall–Kier alpha value is -1.83. The normalized spacial score (nSPS) is 14.9. The zero-order chi connectivity index (χ0) is 10.7. The van der Waals surface area contributed by atoms with Crippen LogP contribution in [0.5, 0.6) is 0 Å². The first-order valence-corrected chi connectivity index (χ1v) is 4.99. The van der Waals surface area contributed by atoms with Gasteiger partial charge in [0.2, 0.25) is 0 Å². The zero-order valence-electron chi connectivity index (χ0n) is 8.66. The Morgan fingerprint density at radius 3 is 2.93 bits per heavy atom. The van der Waals surface area contributed by atoms with Crippen molar-refractivity contribution in [2.24, 2.45) is 0 Å². The van der Waals surface area contributed by atoms with Crippen LogP contribution in [0.4, 0.5) is 0 Å². The van der Waals surface area contributed by atoms with Crippen LogP contribution >= 0.6 is 0 Å². The lowest BCUT2D eigenvalue weighted by Gasteiger charge is -1.92. The molecule has 2 heteroatoms. The Morgan fingerprint density at radius 1 is 1.33 bits per heavy atom. The van der Waals surface area contributed by atoms with Crippen LogP contribution in [0.15, 0.2) is 29.9 Å². The van der Waals surface area contributed by atoms with Crippen LogP contribution in [0.1, 0.15) is 35.1 Å². The Labute approximate surface area is 89.0 Å². The van der Waals surface area contributed by atoms with Crippen LogP contribution in [-0.2, 0) is 0 Å². The van der Waals surface area contributed by atoms with Crippen LogP contribution in [0.25, 0.3) is 12.2 Å². The molecule has 0 atom stereocenters. The van der Waals surface area contributed by atoms with E-state index in [9.17, 15) is 4.79 Å². The third-order valence-corrected chi connectivity index (χ3v) is 2.35. The Morgan fingerprint density at radius 2 is 2.13 bits per heavy atom. The summed E-state index contributed by atoms with van der Waals surface area (Å²) in [6.07, 6.45) is 12.1. The van der Waals surface area contributed by atoms with Crippen LogP contribution in [0, 0.1) is 0 Å². The molecule has 2 rings (SSSR count). The summed E-state index contributed by atoms with van der Waals surface area (Å²) in [7, 11) is 0. The maximum atomic E-state index is 10.7. The number of fused-ring (bicyclic) bond motifs is 1. The van der Waals surface area contributed by atoms with E-state index < -0.39 is 0 Å². The van der Waals surface area contributed by atoms with Gasteiger partial charge in [-0.1, -0.05) is 23.8 Å². The fourth-order valence-corrected chi connectivity index (χ4v) is 1.64. The molecule has 1 aromatic heterocycles. The molecule has 1 aromatic rings. The number of carbonyl (C=O) groups excluding carboxylic acids is 1. The Kier molecular flexibility index (Phi) is 2.68. The molecule has 2 nitrogen and oxygen atoms in total. The molecule has 15 heavy (non-hydrogen) atoms. The second kappa shape index (κ2) is 4.13. The van der Waals surface area contributed by atoms with E-state index in [0.29, 0.717) is 5.69 Å². The van der Waals surface area contributed by atoms with Gasteiger partial charge in [-0.25, -0.2) is 0 Å². The summed E-state index contributed by atoms with van der Waals surface area (Å²) in [6.45, 7) is 2.05. The van der Waals surface area contributed by atoms with Crippen molar-refractivity contribution in [2.75, 3.05) is 0 Å². The average molecular weight is 199 g/mol. The number of aldehydes is 1. The third-order valence-electron chi connectivity index (χ3n) is 2.35. The number of rotatable bonds is 1. The van der Waals surface area contributed by atoms with Gasteiger partial charge in [-0.3, -0.25) is 4.79 Å². The molecule has 0 amide bonds. The number of nitrogens with one attached hydrogen (secondary N) is 1. The Bertz CT molecular complexity index is 461. The molecule has 0 saturated heterocycles. The van der Waals surface area contributed by atoms with E-state index in [4.69, 9.17) is 0 Å². The van der Waals surface area contributed by atoms with E-state index in [-0.39, 0.29) is 0 Å². The van der Waals surface area contributed by atoms with Crippen LogP contribution in [-0.4, -0.2) is 11.3 Å².